The number of aliphatic hydroxyl groups excluding tert-OH is 1. The molecule has 0 saturated carbocycles. The van der Waals surface area contributed by atoms with Crippen LogP contribution in [0.25, 0.3) is 0 Å². The third kappa shape index (κ3) is 1.57. The number of aliphatic hydroxyl groups is 1. The monoisotopic (exact) mass is 129 g/mol. The predicted octanol–water partition coefficient (Wildman–Crippen LogP) is -0.999. The molecule has 0 saturated heterocycles. The van der Waals surface area contributed by atoms with Crippen LogP contribution < -0.4 is 11.1 Å². The first-order chi connectivity index (χ1) is 4.18. The van der Waals surface area contributed by atoms with Crippen molar-refractivity contribution in [3.05, 3.63) is 0 Å². The van der Waals surface area contributed by atoms with Crippen LogP contribution in [0, 0.1) is 0 Å². The van der Waals surface area contributed by atoms with Crippen molar-refractivity contribution in [1.29, 1.82) is 0 Å². The number of rotatable bonds is 0. The van der Waals surface area contributed by atoms with E-state index in [2.05, 4.69) is 10.3 Å². The molecular formula is C5H11N3O. The molecular weight excluding hydrogens is 118 g/mol. The summed E-state index contributed by atoms with van der Waals surface area (Å²) in [6.07, 6.45) is 0.0296. The smallest absolute Gasteiger partial charge is 0.191 e. The summed E-state index contributed by atoms with van der Waals surface area (Å²) >= 11 is 0. The molecule has 52 valence electrons. The summed E-state index contributed by atoms with van der Waals surface area (Å²) in [7, 11) is 0. The highest BCUT2D eigenvalue weighted by Crippen LogP contribution is 2.02. The van der Waals surface area contributed by atoms with Crippen molar-refractivity contribution in [1.82, 2.24) is 5.32 Å². The lowest BCUT2D eigenvalue weighted by Crippen LogP contribution is -2.44. The van der Waals surface area contributed by atoms with Gasteiger partial charge in [0.1, 0.15) is 0 Å². The molecule has 0 aliphatic carbocycles. The number of hydrogen-bond acceptors (Lipinski definition) is 4. The number of aliphatic imine (C=N–C) groups is 1. The van der Waals surface area contributed by atoms with Crippen LogP contribution in [-0.4, -0.2) is 23.3 Å². The van der Waals surface area contributed by atoms with E-state index in [4.69, 9.17) is 10.8 Å². The molecule has 2 atom stereocenters. The highest BCUT2D eigenvalue weighted by molar-refractivity contribution is 5.78. The van der Waals surface area contributed by atoms with Crippen LogP contribution in [0.4, 0.5) is 0 Å². The molecule has 0 fully saturated rings. The van der Waals surface area contributed by atoms with Crippen molar-refractivity contribution in [3.8, 4) is 0 Å². The number of guanidine groups is 1. The van der Waals surface area contributed by atoms with Gasteiger partial charge in [-0.25, -0.2) is 4.99 Å². The summed E-state index contributed by atoms with van der Waals surface area (Å²) in [6, 6.07) is 0.234. The van der Waals surface area contributed by atoms with Crippen molar-refractivity contribution < 1.29 is 5.11 Å². The number of hydrogen-bond donors (Lipinski definition) is 3. The van der Waals surface area contributed by atoms with E-state index in [1.807, 2.05) is 6.92 Å². The number of nitrogens with two attached hydrogens (primary N) is 1. The molecule has 1 aliphatic heterocycles. The molecule has 1 heterocycles. The SMILES string of the molecule is CC1CC(O)N=C(N)N1. The summed E-state index contributed by atoms with van der Waals surface area (Å²) in [6.45, 7) is 1.95. The molecule has 0 aromatic heterocycles. The lowest BCUT2D eigenvalue weighted by atomic mass is 10.2. The Morgan fingerprint density at radius 2 is 2.56 bits per heavy atom. The van der Waals surface area contributed by atoms with Crippen molar-refractivity contribution in [3.63, 3.8) is 0 Å². The lowest BCUT2D eigenvalue weighted by Gasteiger charge is -2.21. The maximum atomic E-state index is 8.94. The fraction of sp³-hybridized carbons (Fsp3) is 0.800. The van der Waals surface area contributed by atoms with E-state index in [1.165, 1.54) is 0 Å². The summed E-state index contributed by atoms with van der Waals surface area (Å²) in [5.41, 5.74) is 5.29. The topological polar surface area (TPSA) is 70.6 Å². The minimum Gasteiger partial charge on any atom is -0.372 e. The quantitative estimate of drug-likeness (QED) is 0.393. The molecule has 0 bridgehead atoms. The maximum Gasteiger partial charge on any atom is 0.191 e. The second kappa shape index (κ2) is 2.23. The van der Waals surface area contributed by atoms with E-state index in [1.54, 1.807) is 0 Å². The zero-order chi connectivity index (χ0) is 6.85. The molecule has 2 unspecified atom stereocenters. The summed E-state index contributed by atoms with van der Waals surface area (Å²) in [5, 5.41) is 11.8. The molecule has 0 spiro atoms. The second-order valence-electron chi connectivity index (χ2n) is 2.28. The summed E-state index contributed by atoms with van der Waals surface area (Å²) in [5.74, 6) is 0.334. The van der Waals surface area contributed by atoms with Crippen molar-refractivity contribution in [2.45, 2.75) is 25.6 Å². The maximum absolute atomic E-state index is 8.94. The van der Waals surface area contributed by atoms with Crippen LogP contribution in [0.5, 0.6) is 0 Å². The zero-order valence-corrected chi connectivity index (χ0v) is 5.33. The molecule has 1 aliphatic rings. The van der Waals surface area contributed by atoms with Crippen molar-refractivity contribution >= 4 is 5.96 Å². The Hall–Kier alpha value is -0.770. The van der Waals surface area contributed by atoms with Crippen LogP contribution >= 0.6 is 0 Å². The first-order valence-electron chi connectivity index (χ1n) is 2.96. The molecule has 0 amide bonds. The van der Waals surface area contributed by atoms with Gasteiger partial charge in [-0.1, -0.05) is 0 Å². The molecule has 0 aromatic rings. The zero-order valence-electron chi connectivity index (χ0n) is 5.33. The molecule has 4 nitrogen and oxygen atoms in total. The van der Waals surface area contributed by atoms with Gasteiger partial charge < -0.3 is 16.2 Å². The average molecular weight is 129 g/mol. The average Bonchev–Trinajstić information content (AvgIpc) is 1.59. The van der Waals surface area contributed by atoms with Gasteiger partial charge in [0, 0.05) is 12.5 Å². The van der Waals surface area contributed by atoms with Gasteiger partial charge in [0.15, 0.2) is 12.2 Å². The Morgan fingerprint density at radius 3 is 3.00 bits per heavy atom. The van der Waals surface area contributed by atoms with Gasteiger partial charge in [0.25, 0.3) is 0 Å². The normalized spacial score (nSPS) is 35.1. The summed E-state index contributed by atoms with van der Waals surface area (Å²) in [4.78, 5) is 3.67. The highest BCUT2D eigenvalue weighted by Gasteiger charge is 2.14. The number of nitrogens with zero attached hydrogens (tertiary/aromatic N) is 1. The van der Waals surface area contributed by atoms with Gasteiger partial charge in [0.2, 0.25) is 0 Å². The first kappa shape index (κ1) is 6.35. The molecule has 1 rings (SSSR count). The fourth-order valence-corrected chi connectivity index (χ4v) is 0.878. The Kier molecular flexibility index (Phi) is 1.57. The Bertz CT molecular complexity index is 134. The van der Waals surface area contributed by atoms with Gasteiger partial charge in [-0.2, -0.15) is 0 Å². The van der Waals surface area contributed by atoms with E-state index >= 15 is 0 Å². The predicted molar refractivity (Wildman–Crippen MR) is 34.8 cm³/mol. The van der Waals surface area contributed by atoms with Gasteiger partial charge in [-0.15, -0.1) is 0 Å². The van der Waals surface area contributed by atoms with E-state index < -0.39 is 6.23 Å². The fourth-order valence-electron chi connectivity index (χ4n) is 0.878. The second-order valence-corrected chi connectivity index (χ2v) is 2.28. The van der Waals surface area contributed by atoms with Gasteiger partial charge in [-0.3, -0.25) is 0 Å². The van der Waals surface area contributed by atoms with Crippen LogP contribution in [0.3, 0.4) is 0 Å². The Morgan fingerprint density at radius 1 is 1.89 bits per heavy atom. The van der Waals surface area contributed by atoms with E-state index in [9.17, 15) is 0 Å². The molecule has 4 N–H and O–H groups in total. The Labute approximate surface area is 53.8 Å². The molecule has 9 heavy (non-hydrogen) atoms. The minimum absolute atomic E-state index is 0.234. The third-order valence-corrected chi connectivity index (χ3v) is 1.25. The molecule has 0 aromatic carbocycles. The van der Waals surface area contributed by atoms with Crippen LogP contribution in [0.2, 0.25) is 0 Å². The van der Waals surface area contributed by atoms with Gasteiger partial charge in [-0.05, 0) is 6.92 Å². The van der Waals surface area contributed by atoms with Gasteiger partial charge >= 0.3 is 0 Å². The van der Waals surface area contributed by atoms with Crippen LogP contribution in [0.15, 0.2) is 4.99 Å². The lowest BCUT2D eigenvalue weighted by molar-refractivity contribution is 0.156. The van der Waals surface area contributed by atoms with Gasteiger partial charge in [0.05, 0.1) is 0 Å². The summed E-state index contributed by atoms with van der Waals surface area (Å²) < 4.78 is 0. The van der Waals surface area contributed by atoms with Crippen LogP contribution in [0.1, 0.15) is 13.3 Å². The Balaban J connectivity index is 2.56. The van der Waals surface area contributed by atoms with Crippen molar-refractivity contribution in [2.75, 3.05) is 0 Å². The minimum atomic E-state index is -0.610. The van der Waals surface area contributed by atoms with E-state index in [0.717, 1.165) is 0 Å². The van der Waals surface area contributed by atoms with E-state index in [0.29, 0.717) is 12.4 Å². The number of nitrogens with one attached hydrogen (secondary N) is 1. The molecule has 0 radical (unpaired) electrons. The van der Waals surface area contributed by atoms with Crippen molar-refractivity contribution in [2.24, 2.45) is 10.7 Å². The molecule has 4 heteroatoms. The largest absolute Gasteiger partial charge is 0.372 e. The standard InChI is InChI=1S/C5H11N3O/c1-3-2-4(9)8-5(6)7-3/h3-4,9H,2H2,1H3,(H3,6,7,8). The van der Waals surface area contributed by atoms with E-state index in [-0.39, 0.29) is 6.04 Å². The third-order valence-electron chi connectivity index (χ3n) is 1.25. The highest BCUT2D eigenvalue weighted by atomic mass is 16.3. The first-order valence-corrected chi connectivity index (χ1v) is 2.96. The van der Waals surface area contributed by atoms with Crippen LogP contribution in [-0.2, 0) is 0 Å².